The molecule has 6 nitrogen and oxygen atoms in total. The minimum atomic E-state index is -4.24. The van der Waals surface area contributed by atoms with Crippen LogP contribution in [0.4, 0.5) is 4.39 Å². The van der Waals surface area contributed by atoms with Gasteiger partial charge >= 0.3 is 0 Å². The highest BCUT2D eigenvalue weighted by Gasteiger charge is 2.18. The molecule has 20 heavy (non-hydrogen) atoms. The van der Waals surface area contributed by atoms with Crippen LogP contribution in [0.15, 0.2) is 23.1 Å². The summed E-state index contributed by atoms with van der Waals surface area (Å²) in [6.45, 7) is 1.85. The Hall–Kier alpha value is -1.32. The van der Waals surface area contributed by atoms with Crippen LogP contribution in [0.2, 0.25) is 0 Å². The maximum atomic E-state index is 13.3. The van der Waals surface area contributed by atoms with E-state index in [1.807, 2.05) is 0 Å². The predicted octanol–water partition coefficient (Wildman–Crippen LogP) is -0.0301. The van der Waals surface area contributed by atoms with Crippen molar-refractivity contribution in [2.24, 2.45) is 5.14 Å². The lowest BCUT2D eigenvalue weighted by Gasteiger charge is -2.10. The number of hydrogen-bond donors (Lipinski definition) is 2. The molecular weight excluding hydrogens is 307 g/mol. The summed E-state index contributed by atoms with van der Waals surface area (Å²) in [5, 5.41) is 7.08. The zero-order chi connectivity index (χ0) is 15.5. The summed E-state index contributed by atoms with van der Waals surface area (Å²) >= 11 is 0. The number of carbonyl (C=O) groups excluding carboxylic acids is 1. The van der Waals surface area contributed by atoms with Crippen LogP contribution in [0.3, 0.4) is 0 Å². The summed E-state index contributed by atoms with van der Waals surface area (Å²) in [5.74, 6) is -1.61. The Morgan fingerprint density at radius 1 is 1.50 bits per heavy atom. The lowest BCUT2D eigenvalue weighted by Crippen LogP contribution is -2.32. The van der Waals surface area contributed by atoms with E-state index in [-0.39, 0.29) is 17.4 Å². The van der Waals surface area contributed by atoms with Gasteiger partial charge < -0.3 is 5.32 Å². The number of rotatable bonds is 5. The Kier molecular flexibility index (Phi) is 5.37. The van der Waals surface area contributed by atoms with E-state index in [0.717, 1.165) is 18.2 Å². The Morgan fingerprint density at radius 2 is 2.10 bits per heavy atom. The Balaban J connectivity index is 2.93. The van der Waals surface area contributed by atoms with Crippen LogP contribution >= 0.6 is 0 Å². The van der Waals surface area contributed by atoms with Gasteiger partial charge in [-0.2, -0.15) is 0 Å². The molecule has 0 saturated carbocycles. The number of nitrogens with two attached hydrogens (primary N) is 1. The molecule has 0 aliphatic heterocycles. The molecule has 0 fully saturated rings. The highest BCUT2D eigenvalue weighted by atomic mass is 32.2. The smallest absolute Gasteiger partial charge is 0.251 e. The molecule has 1 amide bonds. The molecule has 2 atom stereocenters. The lowest BCUT2D eigenvalue weighted by atomic mass is 10.2. The monoisotopic (exact) mass is 322 g/mol. The first-order valence-corrected chi connectivity index (χ1v) is 8.72. The van der Waals surface area contributed by atoms with Crippen molar-refractivity contribution in [1.82, 2.24) is 5.32 Å². The van der Waals surface area contributed by atoms with Crippen LogP contribution in [-0.2, 0) is 20.8 Å². The molecule has 0 aliphatic carbocycles. The molecule has 1 aromatic rings. The molecule has 9 heteroatoms. The minimum Gasteiger partial charge on any atom is -0.351 e. The van der Waals surface area contributed by atoms with Crippen molar-refractivity contribution >= 4 is 26.7 Å². The summed E-state index contributed by atoms with van der Waals surface area (Å²) in [6, 6.07) is 2.87. The number of halogens is 1. The summed E-state index contributed by atoms with van der Waals surface area (Å²) in [7, 11) is -5.33. The molecule has 0 spiro atoms. The third kappa shape index (κ3) is 4.36. The standard InChI is InChI=1S/C11H15FN2O4S2/c1-7(19(2)16)6-14-11(15)8-3-4-9(12)10(5-8)20(13,17)18/h3-5,7H,6H2,1-2H3,(H,14,15)(H2,13,17,18). The molecule has 0 aromatic heterocycles. The van der Waals surface area contributed by atoms with Gasteiger partial charge in [0.1, 0.15) is 10.7 Å². The van der Waals surface area contributed by atoms with Gasteiger partial charge in [-0.15, -0.1) is 0 Å². The first kappa shape index (κ1) is 16.7. The molecule has 0 heterocycles. The van der Waals surface area contributed by atoms with Gasteiger partial charge in [-0.05, 0) is 25.1 Å². The second-order valence-electron chi connectivity index (χ2n) is 4.21. The van der Waals surface area contributed by atoms with Crippen molar-refractivity contribution in [1.29, 1.82) is 0 Å². The third-order valence-corrected chi connectivity index (χ3v) is 4.84. The van der Waals surface area contributed by atoms with Crippen LogP contribution in [-0.4, -0.2) is 36.6 Å². The van der Waals surface area contributed by atoms with E-state index in [2.05, 4.69) is 5.32 Å². The van der Waals surface area contributed by atoms with Crippen LogP contribution in [0.1, 0.15) is 17.3 Å². The lowest BCUT2D eigenvalue weighted by molar-refractivity contribution is 0.0954. The zero-order valence-corrected chi connectivity index (χ0v) is 12.6. The molecular formula is C11H15FN2O4S2. The predicted molar refractivity (Wildman–Crippen MR) is 73.6 cm³/mol. The fraction of sp³-hybridized carbons (Fsp3) is 0.364. The molecule has 0 radical (unpaired) electrons. The van der Waals surface area contributed by atoms with E-state index in [1.165, 1.54) is 6.26 Å². The van der Waals surface area contributed by atoms with E-state index in [4.69, 9.17) is 5.14 Å². The summed E-state index contributed by atoms with van der Waals surface area (Å²) < 4.78 is 46.8. The van der Waals surface area contributed by atoms with Crippen LogP contribution in [0.25, 0.3) is 0 Å². The van der Waals surface area contributed by atoms with Crippen molar-refractivity contribution in [3.05, 3.63) is 29.6 Å². The van der Waals surface area contributed by atoms with Gasteiger partial charge in [0, 0.05) is 34.4 Å². The minimum absolute atomic E-state index is 0.0375. The Bertz CT molecular complexity index is 646. The average molecular weight is 322 g/mol. The van der Waals surface area contributed by atoms with Gasteiger partial charge in [0.25, 0.3) is 5.91 Å². The van der Waals surface area contributed by atoms with Crippen molar-refractivity contribution in [2.75, 3.05) is 12.8 Å². The molecule has 3 N–H and O–H groups in total. The van der Waals surface area contributed by atoms with E-state index < -0.39 is 37.4 Å². The topological polar surface area (TPSA) is 106 Å². The largest absolute Gasteiger partial charge is 0.351 e. The molecule has 1 rings (SSSR count). The van der Waals surface area contributed by atoms with Crippen molar-refractivity contribution < 1.29 is 21.8 Å². The van der Waals surface area contributed by atoms with Gasteiger partial charge in [-0.1, -0.05) is 0 Å². The number of carbonyl (C=O) groups is 1. The van der Waals surface area contributed by atoms with E-state index in [9.17, 15) is 21.8 Å². The number of sulfonamides is 1. The van der Waals surface area contributed by atoms with Crippen molar-refractivity contribution in [3.8, 4) is 0 Å². The van der Waals surface area contributed by atoms with E-state index >= 15 is 0 Å². The van der Waals surface area contributed by atoms with Gasteiger partial charge in [0.2, 0.25) is 10.0 Å². The van der Waals surface area contributed by atoms with Crippen LogP contribution < -0.4 is 10.5 Å². The maximum Gasteiger partial charge on any atom is 0.251 e. The SMILES string of the molecule is CC(CNC(=O)c1ccc(F)c(S(N)(=O)=O)c1)S(C)=O. The normalized spacial score (nSPS) is 14.6. The van der Waals surface area contributed by atoms with Crippen molar-refractivity contribution in [2.45, 2.75) is 17.1 Å². The molecule has 0 bridgehead atoms. The second-order valence-corrected chi connectivity index (χ2v) is 7.54. The van der Waals surface area contributed by atoms with E-state index in [0.29, 0.717) is 0 Å². The number of benzene rings is 1. The summed E-state index contributed by atoms with van der Waals surface area (Å²) in [6.07, 6.45) is 1.51. The zero-order valence-electron chi connectivity index (χ0n) is 10.9. The van der Waals surface area contributed by atoms with Crippen LogP contribution in [0.5, 0.6) is 0 Å². The molecule has 0 saturated heterocycles. The number of nitrogens with one attached hydrogen (secondary N) is 1. The highest BCUT2D eigenvalue weighted by molar-refractivity contribution is 7.89. The molecule has 2 unspecified atom stereocenters. The Morgan fingerprint density at radius 3 is 2.60 bits per heavy atom. The molecule has 0 aliphatic rings. The second kappa shape index (κ2) is 6.42. The van der Waals surface area contributed by atoms with Gasteiger partial charge in [-0.3, -0.25) is 9.00 Å². The molecule has 112 valence electrons. The average Bonchev–Trinajstić information content (AvgIpc) is 2.34. The fourth-order valence-electron chi connectivity index (χ4n) is 1.32. The van der Waals surface area contributed by atoms with Gasteiger partial charge in [0.15, 0.2) is 0 Å². The maximum absolute atomic E-state index is 13.3. The first-order chi connectivity index (χ1) is 9.12. The van der Waals surface area contributed by atoms with Gasteiger partial charge in [-0.25, -0.2) is 17.9 Å². The van der Waals surface area contributed by atoms with Gasteiger partial charge in [0.05, 0.1) is 0 Å². The summed E-state index contributed by atoms with van der Waals surface area (Å²) in [5.41, 5.74) is -0.0375. The number of primary sulfonamides is 1. The first-order valence-electron chi connectivity index (χ1n) is 5.55. The quantitative estimate of drug-likeness (QED) is 0.794. The highest BCUT2D eigenvalue weighted by Crippen LogP contribution is 2.14. The number of hydrogen-bond acceptors (Lipinski definition) is 4. The van der Waals surface area contributed by atoms with Crippen molar-refractivity contribution in [3.63, 3.8) is 0 Å². The third-order valence-electron chi connectivity index (χ3n) is 2.62. The number of amides is 1. The Labute approximate surface area is 119 Å². The molecule has 1 aromatic carbocycles. The summed E-state index contributed by atoms with van der Waals surface area (Å²) in [4.78, 5) is 11.1. The van der Waals surface area contributed by atoms with E-state index in [1.54, 1.807) is 6.92 Å². The fourth-order valence-corrected chi connectivity index (χ4v) is 2.27. The van der Waals surface area contributed by atoms with Crippen LogP contribution in [0, 0.1) is 5.82 Å².